The number of nitrogens with zero attached hydrogens (tertiary/aromatic N) is 2. The largest absolute Gasteiger partial charge is 0.465 e. The zero-order valence-corrected chi connectivity index (χ0v) is 13.4. The molecule has 0 saturated heterocycles. The lowest BCUT2D eigenvalue weighted by Gasteiger charge is -2.18. The Balaban J connectivity index is 2.54. The van der Waals surface area contributed by atoms with E-state index < -0.39 is 0 Å². The predicted molar refractivity (Wildman–Crippen MR) is 78.7 cm³/mol. The molecule has 0 aliphatic carbocycles. The van der Waals surface area contributed by atoms with E-state index in [1.54, 1.807) is 11.8 Å². The average Bonchev–Trinajstić information content (AvgIpc) is 2.82. The summed E-state index contributed by atoms with van der Waals surface area (Å²) in [4.78, 5) is 16.2. The summed E-state index contributed by atoms with van der Waals surface area (Å²) in [5.41, 5.74) is 0. The number of aryl methyl sites for hydroxylation is 1. The molecule has 7 heteroatoms. The number of carbonyl (C=O) groups is 1. The molecular formula is C12H21N3O2S2. The lowest BCUT2D eigenvalue weighted by Crippen LogP contribution is -2.43. The first-order chi connectivity index (χ1) is 9.06. The number of carbonyl (C=O) groups excluding carboxylic acids is 1. The molecule has 0 bridgehead atoms. The van der Waals surface area contributed by atoms with E-state index in [4.69, 9.17) is 4.74 Å². The third-order valence-electron chi connectivity index (χ3n) is 2.24. The van der Waals surface area contributed by atoms with Crippen molar-refractivity contribution < 1.29 is 9.53 Å². The van der Waals surface area contributed by atoms with E-state index in [1.807, 2.05) is 27.7 Å². The van der Waals surface area contributed by atoms with Crippen LogP contribution in [0.3, 0.4) is 0 Å². The van der Waals surface area contributed by atoms with Gasteiger partial charge in [0.05, 0.1) is 6.61 Å². The summed E-state index contributed by atoms with van der Waals surface area (Å²) >= 11 is 2.92. The summed E-state index contributed by atoms with van der Waals surface area (Å²) in [6, 6.07) is -0.0745. The fourth-order valence-corrected chi connectivity index (χ4v) is 3.16. The van der Waals surface area contributed by atoms with E-state index in [-0.39, 0.29) is 18.1 Å². The SMILES string of the molecule is CCOC(=O)C(CSc1nc(CC)ns1)NC(C)C. The third-order valence-corrected chi connectivity index (χ3v) is 4.21. The van der Waals surface area contributed by atoms with Crippen LogP contribution < -0.4 is 5.32 Å². The maximum absolute atomic E-state index is 11.8. The maximum Gasteiger partial charge on any atom is 0.324 e. The fraction of sp³-hybridized carbons (Fsp3) is 0.750. The van der Waals surface area contributed by atoms with Crippen LogP contribution >= 0.6 is 23.3 Å². The maximum atomic E-state index is 11.8. The molecule has 19 heavy (non-hydrogen) atoms. The van der Waals surface area contributed by atoms with Crippen molar-refractivity contribution in [3.8, 4) is 0 Å². The zero-order chi connectivity index (χ0) is 14.3. The second-order valence-electron chi connectivity index (χ2n) is 4.27. The van der Waals surface area contributed by atoms with Crippen LogP contribution in [0, 0.1) is 0 Å². The van der Waals surface area contributed by atoms with Gasteiger partial charge in [0.1, 0.15) is 11.9 Å². The van der Waals surface area contributed by atoms with Crippen LogP contribution in [0.2, 0.25) is 0 Å². The molecule has 1 aromatic rings. The lowest BCUT2D eigenvalue weighted by molar-refractivity contribution is -0.145. The van der Waals surface area contributed by atoms with E-state index in [0.717, 1.165) is 16.6 Å². The fourth-order valence-electron chi connectivity index (χ4n) is 1.42. The van der Waals surface area contributed by atoms with Gasteiger partial charge in [-0.25, -0.2) is 4.98 Å². The summed E-state index contributed by atoms with van der Waals surface area (Å²) in [6.07, 6.45) is 0.836. The molecule has 108 valence electrons. The van der Waals surface area contributed by atoms with Gasteiger partial charge in [0.25, 0.3) is 0 Å². The van der Waals surface area contributed by atoms with Gasteiger partial charge in [0.15, 0.2) is 4.34 Å². The van der Waals surface area contributed by atoms with Crippen molar-refractivity contribution in [1.29, 1.82) is 0 Å². The molecule has 1 rings (SSSR count). The number of hydrogen-bond acceptors (Lipinski definition) is 7. The van der Waals surface area contributed by atoms with Crippen molar-refractivity contribution in [2.24, 2.45) is 0 Å². The number of rotatable bonds is 8. The van der Waals surface area contributed by atoms with Gasteiger partial charge in [-0.2, -0.15) is 4.37 Å². The molecule has 1 heterocycles. The lowest BCUT2D eigenvalue weighted by atomic mass is 10.3. The molecule has 5 nitrogen and oxygen atoms in total. The minimum atomic E-state index is -0.307. The molecule has 0 aliphatic rings. The van der Waals surface area contributed by atoms with Crippen LogP contribution in [0.25, 0.3) is 0 Å². The van der Waals surface area contributed by atoms with Crippen molar-refractivity contribution in [2.45, 2.75) is 50.5 Å². The Hall–Kier alpha value is -0.660. The van der Waals surface area contributed by atoms with Crippen LogP contribution in [0.15, 0.2) is 4.34 Å². The summed E-state index contributed by atoms with van der Waals surface area (Å²) in [7, 11) is 0. The van der Waals surface area contributed by atoms with E-state index in [2.05, 4.69) is 14.7 Å². The van der Waals surface area contributed by atoms with Gasteiger partial charge in [0.2, 0.25) is 0 Å². The standard InChI is InChI=1S/C12H21N3O2S2/c1-5-10-14-12(19-15-10)18-7-9(13-8(3)4)11(16)17-6-2/h8-9,13H,5-7H2,1-4H3. The highest BCUT2D eigenvalue weighted by molar-refractivity contribution is 8.01. The average molecular weight is 303 g/mol. The molecule has 0 amide bonds. The molecule has 1 atom stereocenters. The van der Waals surface area contributed by atoms with Crippen LogP contribution in [0.5, 0.6) is 0 Å². The van der Waals surface area contributed by atoms with E-state index in [9.17, 15) is 4.79 Å². The van der Waals surface area contributed by atoms with Crippen molar-refractivity contribution in [2.75, 3.05) is 12.4 Å². The Morgan fingerprint density at radius 3 is 2.74 bits per heavy atom. The van der Waals surface area contributed by atoms with Gasteiger partial charge in [-0.15, -0.1) is 0 Å². The molecule has 0 spiro atoms. The Bertz CT molecular complexity index is 396. The molecule has 1 N–H and O–H groups in total. The Morgan fingerprint density at radius 2 is 2.21 bits per heavy atom. The second kappa shape index (κ2) is 8.50. The number of nitrogens with one attached hydrogen (secondary N) is 1. The molecule has 1 unspecified atom stereocenters. The van der Waals surface area contributed by atoms with Crippen LogP contribution in [0.4, 0.5) is 0 Å². The minimum absolute atomic E-state index is 0.205. The molecule has 0 aromatic carbocycles. The summed E-state index contributed by atoms with van der Waals surface area (Å²) < 4.78 is 10.2. The van der Waals surface area contributed by atoms with E-state index in [1.165, 1.54) is 11.5 Å². The summed E-state index contributed by atoms with van der Waals surface area (Å²) in [5, 5.41) is 3.22. The van der Waals surface area contributed by atoms with E-state index >= 15 is 0 Å². The van der Waals surface area contributed by atoms with Crippen LogP contribution in [-0.4, -0.2) is 39.8 Å². The first-order valence-corrected chi connectivity index (χ1v) is 8.20. The normalized spacial score (nSPS) is 12.7. The van der Waals surface area contributed by atoms with Crippen molar-refractivity contribution >= 4 is 29.3 Å². The van der Waals surface area contributed by atoms with Gasteiger partial charge in [-0.05, 0) is 18.5 Å². The van der Waals surface area contributed by atoms with Crippen LogP contribution in [-0.2, 0) is 16.0 Å². The third kappa shape index (κ3) is 5.88. The van der Waals surface area contributed by atoms with Crippen molar-refractivity contribution in [3.63, 3.8) is 0 Å². The van der Waals surface area contributed by atoms with Gasteiger partial charge >= 0.3 is 5.97 Å². The number of aromatic nitrogens is 2. The predicted octanol–water partition coefficient (Wildman–Crippen LogP) is 2.12. The van der Waals surface area contributed by atoms with Crippen molar-refractivity contribution in [1.82, 2.24) is 14.7 Å². The monoisotopic (exact) mass is 303 g/mol. The molecule has 0 radical (unpaired) electrons. The Kier molecular flexibility index (Phi) is 7.33. The molecular weight excluding hydrogens is 282 g/mol. The first kappa shape index (κ1) is 16.4. The second-order valence-corrected chi connectivity index (χ2v) is 6.29. The van der Waals surface area contributed by atoms with Gasteiger partial charge in [-0.3, -0.25) is 4.79 Å². The van der Waals surface area contributed by atoms with Gasteiger partial charge in [0, 0.05) is 18.2 Å². The highest BCUT2D eigenvalue weighted by Crippen LogP contribution is 2.21. The Labute approximate surface area is 122 Å². The number of hydrogen-bond donors (Lipinski definition) is 1. The molecule has 0 fully saturated rings. The first-order valence-electron chi connectivity index (χ1n) is 6.44. The van der Waals surface area contributed by atoms with Gasteiger partial charge in [-0.1, -0.05) is 32.5 Å². The topological polar surface area (TPSA) is 64.1 Å². The summed E-state index contributed by atoms with van der Waals surface area (Å²) in [6.45, 7) is 8.26. The van der Waals surface area contributed by atoms with Crippen molar-refractivity contribution in [3.05, 3.63) is 5.82 Å². The quantitative estimate of drug-likeness (QED) is 0.586. The summed E-state index contributed by atoms with van der Waals surface area (Å²) in [5.74, 6) is 1.26. The zero-order valence-electron chi connectivity index (χ0n) is 11.8. The molecule has 0 aliphatic heterocycles. The number of esters is 1. The molecule has 1 aromatic heterocycles. The van der Waals surface area contributed by atoms with Gasteiger partial charge < -0.3 is 10.1 Å². The van der Waals surface area contributed by atoms with Crippen LogP contribution in [0.1, 0.15) is 33.5 Å². The number of ether oxygens (including phenoxy) is 1. The number of thioether (sulfide) groups is 1. The Morgan fingerprint density at radius 1 is 1.47 bits per heavy atom. The highest BCUT2D eigenvalue weighted by Gasteiger charge is 2.21. The highest BCUT2D eigenvalue weighted by atomic mass is 32.2. The smallest absolute Gasteiger partial charge is 0.324 e. The molecule has 0 saturated carbocycles. The van der Waals surface area contributed by atoms with E-state index in [0.29, 0.717) is 12.4 Å². The minimum Gasteiger partial charge on any atom is -0.465 e.